The van der Waals surface area contributed by atoms with Crippen molar-refractivity contribution < 1.29 is 19.7 Å². The molecule has 5 nitrogen and oxygen atoms in total. The molecule has 0 spiro atoms. The predicted molar refractivity (Wildman–Crippen MR) is 84.4 cm³/mol. The number of carbonyl (C=O) groups is 1. The topological polar surface area (TPSA) is 70.0 Å². The van der Waals surface area contributed by atoms with E-state index in [-0.39, 0.29) is 11.9 Å². The second-order valence-corrected chi connectivity index (χ2v) is 7.94. The minimum Gasteiger partial charge on any atom is -0.458 e. The van der Waals surface area contributed by atoms with Gasteiger partial charge >= 0.3 is 5.97 Å². The average Bonchev–Trinajstić information content (AvgIpc) is 2.30. The van der Waals surface area contributed by atoms with Gasteiger partial charge in [0.1, 0.15) is 5.60 Å². The molecule has 5 heteroatoms. The van der Waals surface area contributed by atoms with E-state index in [9.17, 15) is 15.0 Å². The fourth-order valence-electron chi connectivity index (χ4n) is 4.76. The largest absolute Gasteiger partial charge is 0.458 e. The summed E-state index contributed by atoms with van der Waals surface area (Å²) in [7, 11) is 0. The van der Waals surface area contributed by atoms with Gasteiger partial charge in [-0.3, -0.25) is 9.69 Å². The van der Waals surface area contributed by atoms with Crippen molar-refractivity contribution in [3.63, 3.8) is 0 Å². The molecule has 4 unspecified atom stereocenters. The van der Waals surface area contributed by atoms with Gasteiger partial charge < -0.3 is 14.9 Å². The zero-order chi connectivity index (χ0) is 16.6. The molecule has 0 aromatic heterocycles. The van der Waals surface area contributed by atoms with Gasteiger partial charge in [0.25, 0.3) is 0 Å². The third-order valence-corrected chi connectivity index (χ3v) is 5.14. The van der Waals surface area contributed by atoms with Crippen LogP contribution in [0.25, 0.3) is 0 Å². The summed E-state index contributed by atoms with van der Waals surface area (Å²) in [6.45, 7) is 9.69. The molecule has 0 saturated heterocycles. The smallest absolute Gasteiger partial charge is 0.320 e. The zero-order valence-electron chi connectivity index (χ0n) is 14.4. The number of aliphatic hydroxyl groups is 2. The van der Waals surface area contributed by atoms with Gasteiger partial charge in [-0.25, -0.2) is 0 Å². The first kappa shape index (κ1) is 17.7. The highest BCUT2D eigenvalue weighted by Gasteiger charge is 2.54. The first-order valence-corrected chi connectivity index (χ1v) is 8.48. The number of fused-ring (bicyclic) bond motifs is 2. The third kappa shape index (κ3) is 4.21. The molecule has 0 aromatic rings. The Balaban J connectivity index is 2.01. The predicted octanol–water partition coefficient (Wildman–Crippen LogP) is 1.71. The average molecular weight is 313 g/mol. The summed E-state index contributed by atoms with van der Waals surface area (Å²) in [6, 6.07) is 0. The van der Waals surface area contributed by atoms with Crippen LogP contribution in [-0.4, -0.2) is 57.5 Å². The zero-order valence-corrected chi connectivity index (χ0v) is 14.4. The van der Waals surface area contributed by atoms with Gasteiger partial charge in [0.2, 0.25) is 0 Å². The minimum atomic E-state index is -0.922. The second-order valence-electron chi connectivity index (χ2n) is 7.94. The van der Waals surface area contributed by atoms with E-state index in [2.05, 4.69) is 0 Å². The van der Waals surface area contributed by atoms with E-state index in [1.807, 2.05) is 25.7 Å². The number of nitrogens with zero attached hydrogens (tertiary/aromatic N) is 1. The molecule has 2 saturated carbocycles. The van der Waals surface area contributed by atoms with Crippen LogP contribution in [0.3, 0.4) is 0 Å². The van der Waals surface area contributed by atoms with Gasteiger partial charge in [0.05, 0.1) is 17.7 Å². The lowest BCUT2D eigenvalue weighted by Gasteiger charge is -2.53. The maximum Gasteiger partial charge on any atom is 0.320 e. The molecular formula is C17H31NO4. The number of rotatable bonds is 5. The molecular weight excluding hydrogens is 282 g/mol. The molecule has 2 fully saturated rings. The van der Waals surface area contributed by atoms with Crippen LogP contribution in [0.4, 0.5) is 0 Å². The van der Waals surface area contributed by atoms with E-state index in [1.54, 1.807) is 6.92 Å². The molecule has 2 N–H and O–H groups in total. The number of esters is 1. The molecule has 22 heavy (non-hydrogen) atoms. The summed E-state index contributed by atoms with van der Waals surface area (Å²) in [6.07, 6.45) is 2.86. The maximum atomic E-state index is 12.2. The van der Waals surface area contributed by atoms with Gasteiger partial charge in [-0.2, -0.15) is 0 Å². The molecule has 0 aliphatic heterocycles. The number of hydrogen-bond donors (Lipinski definition) is 2. The van der Waals surface area contributed by atoms with Crippen LogP contribution >= 0.6 is 0 Å². The van der Waals surface area contributed by atoms with Crippen molar-refractivity contribution in [1.82, 2.24) is 4.90 Å². The van der Waals surface area contributed by atoms with Gasteiger partial charge in [-0.1, -0.05) is 13.8 Å². The van der Waals surface area contributed by atoms with Crippen LogP contribution in [0.5, 0.6) is 0 Å². The van der Waals surface area contributed by atoms with Gasteiger partial charge in [0.15, 0.2) is 0 Å². The van der Waals surface area contributed by atoms with Gasteiger partial charge in [-0.05, 0) is 52.1 Å². The summed E-state index contributed by atoms with van der Waals surface area (Å²) in [4.78, 5) is 14.2. The minimum absolute atomic E-state index is 0.203. The molecule has 0 aromatic carbocycles. The van der Waals surface area contributed by atoms with Crippen LogP contribution in [0.2, 0.25) is 0 Å². The normalized spacial score (nSPS) is 41.5. The third-order valence-electron chi connectivity index (χ3n) is 5.14. The fourth-order valence-corrected chi connectivity index (χ4v) is 4.76. The van der Waals surface area contributed by atoms with Crippen molar-refractivity contribution in [2.45, 2.75) is 76.6 Å². The Morgan fingerprint density at radius 3 is 2.32 bits per heavy atom. The van der Waals surface area contributed by atoms with E-state index in [1.165, 1.54) is 0 Å². The molecule has 2 aliphatic carbocycles. The van der Waals surface area contributed by atoms with Crippen molar-refractivity contribution in [1.29, 1.82) is 0 Å². The van der Waals surface area contributed by atoms with E-state index < -0.39 is 16.8 Å². The monoisotopic (exact) mass is 313 g/mol. The first-order valence-electron chi connectivity index (χ1n) is 8.48. The van der Waals surface area contributed by atoms with E-state index in [4.69, 9.17) is 4.74 Å². The van der Waals surface area contributed by atoms with Crippen LogP contribution in [-0.2, 0) is 9.53 Å². The number of likely N-dealkylation sites (N-methyl/N-ethyl adjacent to an activating group) is 1. The Bertz CT molecular complexity index is 419. The summed E-state index contributed by atoms with van der Waals surface area (Å²) in [5.41, 5.74) is -2.36. The van der Waals surface area contributed by atoms with E-state index in [0.717, 1.165) is 19.5 Å². The highest BCUT2D eigenvalue weighted by molar-refractivity contribution is 5.72. The molecule has 2 bridgehead atoms. The maximum absolute atomic E-state index is 12.2. The summed E-state index contributed by atoms with van der Waals surface area (Å²) >= 11 is 0. The Kier molecular flexibility index (Phi) is 4.91. The van der Waals surface area contributed by atoms with Crippen LogP contribution < -0.4 is 0 Å². The van der Waals surface area contributed by atoms with Crippen LogP contribution in [0.1, 0.15) is 59.8 Å². The lowest BCUT2D eigenvalue weighted by Crippen LogP contribution is -2.57. The standard InChI is InChI=1S/C17H31NO4/c1-5-18(6-2)10-14(19)22-16(4)8-13-7-15(3,20)11-17(21,9-13)12-16/h13,20-21H,5-12H2,1-4H3. The number of ether oxygens (including phenoxy) is 1. The van der Waals surface area contributed by atoms with Gasteiger partial charge in [0, 0.05) is 12.8 Å². The van der Waals surface area contributed by atoms with Crippen LogP contribution in [0, 0.1) is 5.92 Å². The molecule has 0 radical (unpaired) electrons. The molecule has 4 atom stereocenters. The number of hydrogen-bond acceptors (Lipinski definition) is 5. The van der Waals surface area contributed by atoms with E-state index in [0.29, 0.717) is 32.2 Å². The Hall–Kier alpha value is -0.650. The van der Waals surface area contributed by atoms with Crippen molar-refractivity contribution in [2.24, 2.45) is 5.92 Å². The second kappa shape index (κ2) is 6.10. The fraction of sp³-hybridized carbons (Fsp3) is 0.941. The quantitative estimate of drug-likeness (QED) is 0.756. The first-order chi connectivity index (χ1) is 10.1. The molecule has 0 amide bonds. The Labute approximate surface area is 133 Å². The van der Waals surface area contributed by atoms with Crippen molar-refractivity contribution >= 4 is 5.97 Å². The Morgan fingerprint density at radius 2 is 1.77 bits per heavy atom. The van der Waals surface area contributed by atoms with Crippen molar-refractivity contribution in [3.8, 4) is 0 Å². The molecule has 128 valence electrons. The summed E-state index contributed by atoms with van der Waals surface area (Å²) in [5, 5.41) is 21.1. The number of carbonyl (C=O) groups excluding carboxylic acids is 1. The molecule has 2 aliphatic rings. The van der Waals surface area contributed by atoms with Gasteiger partial charge in [-0.15, -0.1) is 0 Å². The molecule has 0 heterocycles. The van der Waals surface area contributed by atoms with Crippen LogP contribution in [0.15, 0.2) is 0 Å². The van der Waals surface area contributed by atoms with Crippen molar-refractivity contribution in [2.75, 3.05) is 19.6 Å². The highest BCUT2D eigenvalue weighted by atomic mass is 16.6. The highest BCUT2D eigenvalue weighted by Crippen LogP contribution is 2.51. The summed E-state index contributed by atoms with van der Waals surface area (Å²) < 4.78 is 5.76. The lowest BCUT2D eigenvalue weighted by molar-refractivity contribution is -0.200. The molecule has 2 rings (SSSR count). The Morgan fingerprint density at radius 1 is 1.14 bits per heavy atom. The lowest BCUT2D eigenvalue weighted by atomic mass is 9.60. The SMILES string of the molecule is CCN(CC)CC(=O)OC1(C)CC2CC(C)(O)CC(O)(C2)C1. The van der Waals surface area contributed by atoms with E-state index >= 15 is 0 Å². The van der Waals surface area contributed by atoms with Crippen molar-refractivity contribution in [3.05, 3.63) is 0 Å². The summed E-state index contributed by atoms with van der Waals surface area (Å²) in [5.74, 6) is -0.0183.